The maximum atomic E-state index is 13.2. The van der Waals surface area contributed by atoms with Gasteiger partial charge in [-0.1, -0.05) is 6.07 Å². The standard InChI is InChI=1S/C15H15F2NO4S/c1-21-14-4-3-5-15(22-2)11(14)9-18-23(19,20)10-6-7-12(16)13(17)8-10/h3-8,18H,9H2,1-2H3. The van der Waals surface area contributed by atoms with Crippen LogP contribution >= 0.6 is 0 Å². The molecule has 1 N–H and O–H groups in total. The summed E-state index contributed by atoms with van der Waals surface area (Å²) in [4.78, 5) is -0.370. The number of sulfonamides is 1. The summed E-state index contributed by atoms with van der Waals surface area (Å²) >= 11 is 0. The zero-order valence-electron chi connectivity index (χ0n) is 12.5. The van der Waals surface area contributed by atoms with E-state index < -0.39 is 21.7 Å². The normalized spacial score (nSPS) is 11.3. The topological polar surface area (TPSA) is 64.6 Å². The Morgan fingerprint density at radius 2 is 1.61 bits per heavy atom. The van der Waals surface area contributed by atoms with Gasteiger partial charge >= 0.3 is 0 Å². The molecule has 0 amide bonds. The number of methoxy groups -OCH3 is 2. The average Bonchev–Trinajstić information content (AvgIpc) is 2.54. The second-order valence-electron chi connectivity index (χ2n) is 4.54. The predicted molar refractivity (Wildman–Crippen MR) is 79.9 cm³/mol. The highest BCUT2D eigenvalue weighted by Gasteiger charge is 2.18. The molecule has 124 valence electrons. The van der Waals surface area contributed by atoms with Crippen LogP contribution in [0, 0.1) is 11.6 Å². The smallest absolute Gasteiger partial charge is 0.240 e. The van der Waals surface area contributed by atoms with Crippen molar-refractivity contribution in [1.82, 2.24) is 4.72 Å². The van der Waals surface area contributed by atoms with Gasteiger partial charge in [0.2, 0.25) is 10.0 Å². The number of rotatable bonds is 6. The molecule has 0 saturated carbocycles. The molecule has 0 fully saturated rings. The average molecular weight is 343 g/mol. The molecule has 0 saturated heterocycles. The summed E-state index contributed by atoms with van der Waals surface area (Å²) in [6.45, 7) is -0.130. The van der Waals surface area contributed by atoms with Crippen LogP contribution in [0.15, 0.2) is 41.3 Å². The van der Waals surface area contributed by atoms with Gasteiger partial charge in [0.1, 0.15) is 11.5 Å². The van der Waals surface area contributed by atoms with Crippen molar-refractivity contribution in [2.75, 3.05) is 14.2 Å². The van der Waals surface area contributed by atoms with Gasteiger partial charge in [0.25, 0.3) is 0 Å². The minimum Gasteiger partial charge on any atom is -0.496 e. The zero-order chi connectivity index (χ0) is 17.0. The Morgan fingerprint density at radius 1 is 1.00 bits per heavy atom. The van der Waals surface area contributed by atoms with Crippen LogP contribution in [0.4, 0.5) is 8.78 Å². The number of benzene rings is 2. The second kappa shape index (κ2) is 6.93. The lowest BCUT2D eigenvalue weighted by Gasteiger charge is -2.14. The van der Waals surface area contributed by atoms with Crippen LogP contribution in [-0.4, -0.2) is 22.6 Å². The number of halogens is 2. The molecule has 0 spiro atoms. The summed E-state index contributed by atoms with van der Waals surface area (Å²) in [6, 6.07) is 7.38. The number of hydrogen-bond donors (Lipinski definition) is 1. The van der Waals surface area contributed by atoms with Crippen LogP contribution in [0.1, 0.15) is 5.56 Å². The molecule has 0 unspecified atom stereocenters. The minimum absolute atomic E-state index is 0.130. The molecule has 0 aromatic heterocycles. The van der Waals surface area contributed by atoms with Gasteiger partial charge in [-0.2, -0.15) is 0 Å². The number of hydrogen-bond acceptors (Lipinski definition) is 4. The minimum atomic E-state index is -4.02. The maximum Gasteiger partial charge on any atom is 0.240 e. The van der Waals surface area contributed by atoms with E-state index in [9.17, 15) is 17.2 Å². The van der Waals surface area contributed by atoms with Crippen molar-refractivity contribution in [3.63, 3.8) is 0 Å². The van der Waals surface area contributed by atoms with E-state index in [1.807, 2.05) is 0 Å². The first-order valence-corrected chi connectivity index (χ1v) is 8.02. The summed E-state index contributed by atoms with van der Waals surface area (Å²) in [6.07, 6.45) is 0. The van der Waals surface area contributed by atoms with Gasteiger partial charge in [-0.25, -0.2) is 21.9 Å². The molecule has 0 radical (unpaired) electrons. The fourth-order valence-corrected chi connectivity index (χ4v) is 3.00. The molecule has 8 heteroatoms. The molecule has 0 bridgehead atoms. The highest BCUT2D eigenvalue weighted by atomic mass is 32.2. The van der Waals surface area contributed by atoms with E-state index in [0.717, 1.165) is 12.1 Å². The summed E-state index contributed by atoms with van der Waals surface area (Å²) in [5.41, 5.74) is 0.489. The maximum absolute atomic E-state index is 13.2. The molecule has 5 nitrogen and oxygen atoms in total. The Hall–Kier alpha value is -2.19. The third-order valence-corrected chi connectivity index (χ3v) is 4.57. The SMILES string of the molecule is COc1cccc(OC)c1CNS(=O)(=O)c1ccc(F)c(F)c1. The van der Waals surface area contributed by atoms with Crippen molar-refractivity contribution in [3.05, 3.63) is 53.6 Å². The van der Waals surface area contributed by atoms with Gasteiger partial charge in [-0.3, -0.25) is 0 Å². The van der Waals surface area contributed by atoms with Crippen LogP contribution in [0.2, 0.25) is 0 Å². The van der Waals surface area contributed by atoms with Gasteiger partial charge in [0.15, 0.2) is 11.6 Å². The zero-order valence-corrected chi connectivity index (χ0v) is 13.3. The molecule has 2 aromatic carbocycles. The van der Waals surface area contributed by atoms with E-state index >= 15 is 0 Å². The fourth-order valence-electron chi connectivity index (χ4n) is 2.00. The van der Waals surface area contributed by atoms with Crippen molar-refractivity contribution >= 4 is 10.0 Å². The first-order chi connectivity index (χ1) is 10.9. The summed E-state index contributed by atoms with van der Waals surface area (Å²) in [7, 11) is -1.12. The number of nitrogens with one attached hydrogen (secondary N) is 1. The van der Waals surface area contributed by atoms with Crippen LogP contribution in [-0.2, 0) is 16.6 Å². The molecule has 23 heavy (non-hydrogen) atoms. The lowest BCUT2D eigenvalue weighted by molar-refractivity contribution is 0.384. The second-order valence-corrected chi connectivity index (χ2v) is 6.31. The van der Waals surface area contributed by atoms with E-state index in [1.54, 1.807) is 18.2 Å². The van der Waals surface area contributed by atoms with Crippen molar-refractivity contribution in [3.8, 4) is 11.5 Å². The number of ether oxygens (including phenoxy) is 2. The van der Waals surface area contributed by atoms with E-state index in [-0.39, 0.29) is 11.4 Å². The molecule has 0 aliphatic rings. The predicted octanol–water partition coefficient (Wildman–Crippen LogP) is 2.46. The Kier molecular flexibility index (Phi) is 5.17. The van der Waals surface area contributed by atoms with Gasteiger partial charge in [0.05, 0.1) is 24.7 Å². The first-order valence-electron chi connectivity index (χ1n) is 6.53. The third kappa shape index (κ3) is 3.77. The quantitative estimate of drug-likeness (QED) is 0.875. The van der Waals surface area contributed by atoms with Crippen molar-refractivity contribution in [1.29, 1.82) is 0 Å². The van der Waals surface area contributed by atoms with Crippen molar-refractivity contribution < 1.29 is 26.7 Å². The Labute approximate surface area is 132 Å². The summed E-state index contributed by atoms with van der Waals surface area (Å²) in [5.74, 6) is -1.47. The highest BCUT2D eigenvalue weighted by Crippen LogP contribution is 2.28. The van der Waals surface area contributed by atoms with E-state index in [0.29, 0.717) is 23.1 Å². The Bertz CT molecular complexity index is 787. The van der Waals surface area contributed by atoms with Crippen LogP contribution in [0.3, 0.4) is 0 Å². The first kappa shape index (κ1) is 17.2. The molecular formula is C15H15F2NO4S. The van der Waals surface area contributed by atoms with Gasteiger partial charge in [-0.15, -0.1) is 0 Å². The lowest BCUT2D eigenvalue weighted by atomic mass is 10.2. The van der Waals surface area contributed by atoms with E-state index in [4.69, 9.17) is 9.47 Å². The lowest BCUT2D eigenvalue weighted by Crippen LogP contribution is -2.24. The monoisotopic (exact) mass is 343 g/mol. The highest BCUT2D eigenvalue weighted by molar-refractivity contribution is 7.89. The molecule has 0 aliphatic heterocycles. The molecule has 0 atom stereocenters. The Morgan fingerprint density at radius 3 is 2.13 bits per heavy atom. The fraction of sp³-hybridized carbons (Fsp3) is 0.200. The molecule has 0 aliphatic carbocycles. The van der Waals surface area contributed by atoms with E-state index in [2.05, 4.69) is 4.72 Å². The van der Waals surface area contributed by atoms with Crippen molar-refractivity contribution in [2.45, 2.75) is 11.4 Å². The molecular weight excluding hydrogens is 328 g/mol. The third-order valence-electron chi connectivity index (χ3n) is 3.17. The van der Waals surface area contributed by atoms with Crippen molar-refractivity contribution in [2.24, 2.45) is 0 Å². The summed E-state index contributed by atoms with van der Waals surface area (Å²) < 4.78 is 63.1. The van der Waals surface area contributed by atoms with Crippen LogP contribution in [0.5, 0.6) is 11.5 Å². The van der Waals surface area contributed by atoms with E-state index in [1.165, 1.54) is 14.2 Å². The van der Waals surface area contributed by atoms with Crippen LogP contribution in [0.25, 0.3) is 0 Å². The van der Waals surface area contributed by atoms with Gasteiger partial charge in [-0.05, 0) is 30.3 Å². The van der Waals surface area contributed by atoms with Gasteiger partial charge < -0.3 is 9.47 Å². The Balaban J connectivity index is 2.27. The molecule has 2 rings (SSSR count). The molecule has 2 aromatic rings. The summed E-state index contributed by atoms with van der Waals surface area (Å²) in [5, 5.41) is 0. The largest absolute Gasteiger partial charge is 0.496 e. The molecule has 0 heterocycles. The van der Waals surface area contributed by atoms with Gasteiger partial charge in [0, 0.05) is 6.54 Å². The van der Waals surface area contributed by atoms with Crippen LogP contribution < -0.4 is 14.2 Å².